The van der Waals surface area contributed by atoms with Crippen LogP contribution in [0.2, 0.25) is 0 Å². The van der Waals surface area contributed by atoms with Crippen LogP contribution in [0, 0.1) is 0 Å². The van der Waals surface area contributed by atoms with Gasteiger partial charge >= 0.3 is 0 Å². The van der Waals surface area contributed by atoms with Gasteiger partial charge in [0.05, 0.1) is 12.1 Å². The first kappa shape index (κ1) is 10.6. The number of nitrogens with two attached hydrogens (primary N) is 1. The van der Waals surface area contributed by atoms with Gasteiger partial charge in [-0.2, -0.15) is 0 Å². The van der Waals surface area contributed by atoms with Crippen LogP contribution in [-0.4, -0.2) is 10.9 Å². The number of nitrogens with one attached hydrogen (secondary N) is 1. The molecule has 82 valence electrons. The predicted molar refractivity (Wildman–Crippen MR) is 64.1 cm³/mol. The third-order valence-corrected chi connectivity index (χ3v) is 2.93. The van der Waals surface area contributed by atoms with Crippen LogP contribution < -0.4 is 11.1 Å². The maximum Gasteiger partial charge on any atom is 0.253 e. The van der Waals surface area contributed by atoms with Crippen molar-refractivity contribution in [2.75, 3.05) is 5.73 Å². The normalized spacial score (nSPS) is 10.0. The van der Waals surface area contributed by atoms with Crippen LogP contribution in [0.25, 0.3) is 0 Å². The first-order valence-corrected chi connectivity index (χ1v) is 5.66. The maximum absolute atomic E-state index is 11.7. The quantitative estimate of drug-likeness (QED) is 0.847. The largest absolute Gasteiger partial charge is 0.384 e. The summed E-state index contributed by atoms with van der Waals surface area (Å²) in [4.78, 5) is 16.7. The van der Waals surface area contributed by atoms with E-state index in [0.29, 0.717) is 17.9 Å². The highest BCUT2D eigenvalue weighted by Crippen LogP contribution is 2.08. The van der Waals surface area contributed by atoms with Crippen molar-refractivity contribution >= 4 is 23.1 Å². The molecule has 4 nitrogen and oxygen atoms in total. The van der Waals surface area contributed by atoms with Gasteiger partial charge in [-0.3, -0.25) is 4.79 Å². The van der Waals surface area contributed by atoms with Crippen molar-refractivity contribution in [1.82, 2.24) is 10.3 Å². The van der Waals surface area contributed by atoms with E-state index in [1.54, 1.807) is 23.5 Å². The number of nitrogens with zero attached hydrogens (tertiary/aromatic N) is 1. The first-order valence-electron chi connectivity index (χ1n) is 4.78. The van der Waals surface area contributed by atoms with Crippen LogP contribution in [0.3, 0.4) is 0 Å². The molecule has 0 atom stereocenters. The Morgan fingerprint density at radius 3 is 2.94 bits per heavy atom. The fourth-order valence-electron chi connectivity index (χ4n) is 1.22. The molecular formula is C11H11N3OS. The number of hydrogen-bond donors (Lipinski definition) is 2. The van der Waals surface area contributed by atoms with E-state index >= 15 is 0 Å². The Morgan fingerprint density at radius 1 is 1.44 bits per heavy atom. The highest BCUT2D eigenvalue weighted by molar-refractivity contribution is 7.09. The summed E-state index contributed by atoms with van der Waals surface area (Å²) in [5.41, 5.74) is 5.96. The number of hydrogen-bond acceptors (Lipinski definition) is 4. The summed E-state index contributed by atoms with van der Waals surface area (Å²) in [6.07, 6.45) is 1.47. The molecule has 0 aromatic carbocycles. The molecule has 2 aromatic heterocycles. The van der Waals surface area contributed by atoms with Crippen LogP contribution in [-0.2, 0) is 6.54 Å². The molecule has 2 aromatic rings. The molecule has 2 rings (SSSR count). The monoisotopic (exact) mass is 233 g/mol. The number of thiophene rings is 1. The molecular weight excluding hydrogens is 222 g/mol. The number of pyridine rings is 1. The van der Waals surface area contributed by atoms with Crippen molar-refractivity contribution in [3.63, 3.8) is 0 Å². The van der Waals surface area contributed by atoms with Crippen LogP contribution in [0.4, 0.5) is 5.82 Å². The fraction of sp³-hybridized carbons (Fsp3) is 0.0909. The van der Waals surface area contributed by atoms with E-state index in [-0.39, 0.29) is 5.91 Å². The average Bonchev–Trinajstić information content (AvgIpc) is 2.80. The molecule has 5 heteroatoms. The van der Waals surface area contributed by atoms with E-state index < -0.39 is 0 Å². The Balaban J connectivity index is 1.95. The molecule has 3 N–H and O–H groups in total. The van der Waals surface area contributed by atoms with Crippen LogP contribution >= 0.6 is 11.3 Å². The average molecular weight is 233 g/mol. The van der Waals surface area contributed by atoms with E-state index in [1.165, 1.54) is 6.20 Å². The molecule has 0 aliphatic heterocycles. The van der Waals surface area contributed by atoms with Gasteiger partial charge in [-0.05, 0) is 23.6 Å². The minimum atomic E-state index is -0.138. The third kappa shape index (κ3) is 2.58. The molecule has 1 amide bonds. The standard InChI is InChI=1S/C11H11N3OS/c12-10-4-3-8(6-13-10)11(15)14-7-9-2-1-5-16-9/h1-6H,7H2,(H2,12,13)(H,14,15). The number of rotatable bonds is 3. The zero-order valence-electron chi connectivity index (χ0n) is 8.51. The van der Waals surface area contributed by atoms with E-state index in [2.05, 4.69) is 10.3 Å². The van der Waals surface area contributed by atoms with E-state index in [9.17, 15) is 4.79 Å². The Bertz CT molecular complexity index is 464. The smallest absolute Gasteiger partial charge is 0.253 e. The lowest BCUT2D eigenvalue weighted by molar-refractivity contribution is 0.0951. The second-order valence-electron chi connectivity index (χ2n) is 3.23. The van der Waals surface area contributed by atoms with Gasteiger partial charge in [-0.15, -0.1) is 11.3 Å². The molecule has 0 unspecified atom stereocenters. The molecule has 0 bridgehead atoms. The Labute approximate surface area is 97.1 Å². The highest BCUT2D eigenvalue weighted by Gasteiger charge is 2.05. The summed E-state index contributed by atoms with van der Waals surface area (Å²) in [6, 6.07) is 7.20. The van der Waals surface area contributed by atoms with Gasteiger partial charge in [0.25, 0.3) is 5.91 Å². The second kappa shape index (κ2) is 4.76. The number of carbonyl (C=O) groups is 1. The summed E-state index contributed by atoms with van der Waals surface area (Å²) >= 11 is 1.61. The Hall–Kier alpha value is -1.88. The number of carbonyl (C=O) groups excluding carboxylic acids is 1. The van der Waals surface area contributed by atoms with Gasteiger partial charge in [-0.1, -0.05) is 6.07 Å². The van der Waals surface area contributed by atoms with Crippen molar-refractivity contribution in [3.05, 3.63) is 46.3 Å². The van der Waals surface area contributed by atoms with Gasteiger partial charge in [0, 0.05) is 11.1 Å². The lowest BCUT2D eigenvalue weighted by Crippen LogP contribution is -2.22. The van der Waals surface area contributed by atoms with E-state index in [1.807, 2.05) is 17.5 Å². The maximum atomic E-state index is 11.7. The molecule has 0 saturated heterocycles. The Morgan fingerprint density at radius 2 is 2.31 bits per heavy atom. The molecule has 0 saturated carbocycles. The molecule has 0 aliphatic carbocycles. The van der Waals surface area contributed by atoms with E-state index in [4.69, 9.17) is 5.73 Å². The van der Waals surface area contributed by atoms with Gasteiger partial charge < -0.3 is 11.1 Å². The summed E-state index contributed by atoms with van der Waals surface area (Å²) in [7, 11) is 0. The highest BCUT2D eigenvalue weighted by atomic mass is 32.1. The van der Waals surface area contributed by atoms with Crippen molar-refractivity contribution in [2.24, 2.45) is 0 Å². The second-order valence-corrected chi connectivity index (χ2v) is 4.27. The number of nitrogen functional groups attached to an aromatic ring is 1. The number of anilines is 1. The van der Waals surface area contributed by atoms with Gasteiger partial charge in [0.1, 0.15) is 5.82 Å². The van der Waals surface area contributed by atoms with Crippen molar-refractivity contribution in [1.29, 1.82) is 0 Å². The van der Waals surface area contributed by atoms with Gasteiger partial charge in [0.2, 0.25) is 0 Å². The predicted octanol–water partition coefficient (Wildman–Crippen LogP) is 1.66. The third-order valence-electron chi connectivity index (χ3n) is 2.05. The lowest BCUT2D eigenvalue weighted by Gasteiger charge is -2.03. The fourth-order valence-corrected chi connectivity index (χ4v) is 1.87. The van der Waals surface area contributed by atoms with Crippen LogP contribution in [0.5, 0.6) is 0 Å². The Kier molecular flexibility index (Phi) is 3.16. The summed E-state index contributed by atoms with van der Waals surface area (Å²) in [5, 5.41) is 4.79. The molecule has 0 fully saturated rings. The summed E-state index contributed by atoms with van der Waals surface area (Å²) < 4.78 is 0. The minimum absolute atomic E-state index is 0.138. The minimum Gasteiger partial charge on any atom is -0.384 e. The zero-order valence-corrected chi connectivity index (χ0v) is 9.33. The molecule has 0 aliphatic rings. The van der Waals surface area contributed by atoms with Crippen molar-refractivity contribution in [3.8, 4) is 0 Å². The molecule has 0 radical (unpaired) electrons. The molecule has 0 spiro atoms. The molecule has 16 heavy (non-hydrogen) atoms. The SMILES string of the molecule is Nc1ccc(C(=O)NCc2cccs2)cn1. The van der Waals surface area contributed by atoms with E-state index in [0.717, 1.165) is 4.88 Å². The van der Waals surface area contributed by atoms with Crippen LogP contribution in [0.1, 0.15) is 15.2 Å². The van der Waals surface area contributed by atoms with Gasteiger partial charge in [0.15, 0.2) is 0 Å². The van der Waals surface area contributed by atoms with Crippen molar-refractivity contribution in [2.45, 2.75) is 6.54 Å². The van der Waals surface area contributed by atoms with Crippen molar-refractivity contribution < 1.29 is 4.79 Å². The molecule has 2 heterocycles. The summed E-state index contributed by atoms with van der Waals surface area (Å²) in [5.74, 6) is 0.274. The number of aromatic nitrogens is 1. The number of amides is 1. The topological polar surface area (TPSA) is 68.0 Å². The zero-order chi connectivity index (χ0) is 11.4. The lowest BCUT2D eigenvalue weighted by atomic mass is 10.2. The summed E-state index contributed by atoms with van der Waals surface area (Å²) in [6.45, 7) is 0.543. The first-order chi connectivity index (χ1) is 7.75. The van der Waals surface area contributed by atoms with Crippen LogP contribution in [0.15, 0.2) is 35.8 Å². The van der Waals surface area contributed by atoms with Gasteiger partial charge in [-0.25, -0.2) is 4.98 Å².